The van der Waals surface area contributed by atoms with Gasteiger partial charge in [0.05, 0.1) is 61.1 Å². The van der Waals surface area contributed by atoms with Gasteiger partial charge in [-0.3, -0.25) is 28.8 Å². The molecule has 76 heavy (non-hydrogen) atoms. The van der Waals surface area contributed by atoms with Crippen LogP contribution in [0.15, 0.2) is 122 Å². The molecule has 2 aromatic heterocycles. The largest absolute Gasteiger partial charge is 0.445 e. The van der Waals surface area contributed by atoms with Crippen molar-refractivity contribution in [3.63, 3.8) is 0 Å². The number of aromatic nitrogens is 6. The summed E-state index contributed by atoms with van der Waals surface area (Å²) in [4.78, 5) is 106. The van der Waals surface area contributed by atoms with E-state index in [-0.39, 0.29) is 63.4 Å². The maximum absolute atomic E-state index is 13.7. The minimum atomic E-state index is -1.07. The van der Waals surface area contributed by atoms with Crippen molar-refractivity contribution in [3.8, 4) is 11.4 Å². The lowest BCUT2D eigenvalue weighted by molar-refractivity contribution is -0.128. The third-order valence-electron chi connectivity index (χ3n) is 11.7. The lowest BCUT2D eigenvalue weighted by Crippen LogP contribution is -2.49. The number of hydrogen-bond acceptors (Lipinski definition) is 14. The van der Waals surface area contributed by atoms with Gasteiger partial charge < -0.3 is 52.0 Å². The van der Waals surface area contributed by atoms with Crippen LogP contribution in [-0.2, 0) is 55.0 Å². The van der Waals surface area contributed by atoms with Gasteiger partial charge in [-0.2, -0.15) is 0 Å². The molecule has 24 nitrogen and oxygen atoms in total. The molecule has 7 rings (SSSR count). The van der Waals surface area contributed by atoms with Crippen LogP contribution in [-0.4, -0.2) is 116 Å². The molecule has 0 aliphatic carbocycles. The van der Waals surface area contributed by atoms with Gasteiger partial charge in [0.2, 0.25) is 23.6 Å². The van der Waals surface area contributed by atoms with Crippen molar-refractivity contribution in [1.82, 2.24) is 72.5 Å². The highest BCUT2D eigenvalue weighted by Gasteiger charge is 2.25. The third kappa shape index (κ3) is 16.8. The Labute approximate surface area is 436 Å². The summed E-state index contributed by atoms with van der Waals surface area (Å²) in [5.74, 6) is -3.70. The van der Waals surface area contributed by atoms with Crippen LogP contribution in [0.3, 0.4) is 0 Å². The number of nitrogens with zero attached hydrogens (tertiary/aromatic N) is 6. The molecule has 2 atom stereocenters. The molecule has 396 valence electrons. The fourth-order valence-corrected chi connectivity index (χ4v) is 7.74. The molecule has 3 heterocycles. The molecule has 8 N–H and O–H groups in total. The smallest absolute Gasteiger partial charge is 0.407 e. The van der Waals surface area contributed by atoms with Crippen molar-refractivity contribution in [1.29, 1.82) is 0 Å². The average Bonchev–Trinajstić information content (AvgIpc) is 4.14. The first kappa shape index (κ1) is 54.3. The van der Waals surface area contributed by atoms with E-state index in [1.54, 1.807) is 36.4 Å². The number of para-hydroxylation sites is 2. The normalized spacial score (nSPS) is 15.8. The lowest BCUT2D eigenvalue weighted by Gasteiger charge is -2.19. The third-order valence-corrected chi connectivity index (χ3v) is 11.7. The number of fused-ring (bicyclic) bond motifs is 8. The fourth-order valence-electron chi connectivity index (χ4n) is 7.74. The number of benzene rings is 4. The molecule has 0 saturated heterocycles. The number of rotatable bonds is 14. The van der Waals surface area contributed by atoms with Gasteiger partial charge in [0, 0.05) is 13.1 Å². The molecule has 0 saturated carbocycles. The van der Waals surface area contributed by atoms with Crippen molar-refractivity contribution < 1.29 is 47.8 Å². The Bertz CT molecular complexity index is 2750. The van der Waals surface area contributed by atoms with Gasteiger partial charge in [0.1, 0.15) is 36.7 Å². The van der Waals surface area contributed by atoms with Gasteiger partial charge in [-0.15, -0.1) is 10.2 Å². The molecule has 4 bridgehead atoms. The predicted octanol–water partition coefficient (Wildman–Crippen LogP) is 2.42. The highest BCUT2D eigenvalue weighted by Crippen LogP contribution is 2.16. The summed E-state index contributed by atoms with van der Waals surface area (Å²) in [5, 5.41) is 38.2. The van der Waals surface area contributed by atoms with Gasteiger partial charge >= 0.3 is 12.2 Å². The highest BCUT2D eigenvalue weighted by molar-refractivity contribution is 6.01. The first-order valence-corrected chi connectivity index (χ1v) is 24.6. The molecule has 4 aromatic carbocycles. The fraction of sp³-hybridized carbons (Fsp3) is 0.308. The van der Waals surface area contributed by atoms with E-state index < -0.39 is 72.8 Å². The predicted molar refractivity (Wildman–Crippen MR) is 272 cm³/mol. The second kappa shape index (κ2) is 28.1. The van der Waals surface area contributed by atoms with E-state index in [1.807, 2.05) is 60.7 Å². The number of unbranched alkanes of at least 4 members (excludes halogenated alkanes) is 2. The van der Waals surface area contributed by atoms with E-state index in [9.17, 15) is 38.4 Å². The summed E-state index contributed by atoms with van der Waals surface area (Å²) in [7, 11) is 0. The van der Waals surface area contributed by atoms with Crippen LogP contribution >= 0.6 is 0 Å². The number of alkyl carbamates (subject to hydrolysis) is 2. The van der Waals surface area contributed by atoms with E-state index in [0.717, 1.165) is 11.1 Å². The molecule has 0 spiro atoms. The minimum absolute atomic E-state index is 0.100. The Balaban J connectivity index is 1.02. The van der Waals surface area contributed by atoms with Crippen molar-refractivity contribution in [2.24, 2.45) is 0 Å². The molecule has 6 aromatic rings. The summed E-state index contributed by atoms with van der Waals surface area (Å²) in [5.41, 5.74) is 3.14. The van der Waals surface area contributed by atoms with Crippen LogP contribution in [0.25, 0.3) is 11.4 Å². The molecule has 0 fully saturated rings. The Hall–Kier alpha value is -9.48. The Morgan fingerprint density at radius 1 is 0.500 bits per heavy atom. The van der Waals surface area contributed by atoms with E-state index in [0.29, 0.717) is 48.4 Å². The van der Waals surface area contributed by atoms with Crippen molar-refractivity contribution in [3.05, 3.63) is 155 Å². The van der Waals surface area contributed by atoms with E-state index in [2.05, 4.69) is 63.2 Å². The van der Waals surface area contributed by atoms with E-state index in [1.165, 1.54) is 33.9 Å². The molecular formula is C52H58N14O10. The summed E-state index contributed by atoms with van der Waals surface area (Å²) in [6.07, 6.45) is 3.78. The van der Waals surface area contributed by atoms with Crippen LogP contribution in [0.4, 0.5) is 9.59 Å². The average molecular weight is 1040 g/mol. The monoisotopic (exact) mass is 1040 g/mol. The van der Waals surface area contributed by atoms with Crippen molar-refractivity contribution >= 4 is 47.6 Å². The number of ether oxygens (including phenoxy) is 2. The molecule has 8 amide bonds. The minimum Gasteiger partial charge on any atom is -0.445 e. The molecule has 1 aliphatic rings. The zero-order valence-electron chi connectivity index (χ0n) is 41.4. The van der Waals surface area contributed by atoms with Crippen LogP contribution in [0, 0.1) is 0 Å². The number of amides is 8. The zero-order valence-corrected chi connectivity index (χ0v) is 41.4. The van der Waals surface area contributed by atoms with Crippen LogP contribution < -0.4 is 42.5 Å². The summed E-state index contributed by atoms with van der Waals surface area (Å²) in [6.45, 7) is -0.583. The second-order valence-electron chi connectivity index (χ2n) is 17.4. The van der Waals surface area contributed by atoms with Gasteiger partial charge in [-0.05, 0) is 73.9 Å². The summed E-state index contributed by atoms with van der Waals surface area (Å²) >= 11 is 0. The Morgan fingerprint density at radius 2 is 0.895 bits per heavy atom. The van der Waals surface area contributed by atoms with Crippen LogP contribution in [0.1, 0.15) is 81.8 Å². The van der Waals surface area contributed by atoms with Crippen LogP contribution in [0.2, 0.25) is 0 Å². The quantitative estimate of drug-likeness (QED) is 0.0727. The molecule has 1 aliphatic heterocycles. The number of carbonyl (C=O) groups is 8. The SMILES string of the molecule is O=C1CNC(=O)c2ccccc2-n2cc(nn2)CNC(=O)[C@H](CCCCNC(=O)OCc2ccccc2)NC(=O)CNC(=O)c2ccccc2-n2cc(nn2)CNC(=O)[C@H](CCCCNC(=O)OCc2ccccc2)N1. The Morgan fingerprint density at radius 3 is 1.32 bits per heavy atom. The first-order chi connectivity index (χ1) is 37.0. The van der Waals surface area contributed by atoms with E-state index >= 15 is 0 Å². The summed E-state index contributed by atoms with van der Waals surface area (Å²) < 4.78 is 13.2. The number of hydrogen-bond donors (Lipinski definition) is 8. The maximum Gasteiger partial charge on any atom is 0.407 e. The molecule has 0 unspecified atom stereocenters. The number of nitrogens with one attached hydrogen (secondary N) is 8. The van der Waals surface area contributed by atoms with Gasteiger partial charge in [0.25, 0.3) is 11.8 Å². The molecule has 0 radical (unpaired) electrons. The van der Waals surface area contributed by atoms with Gasteiger partial charge in [-0.1, -0.05) is 95.4 Å². The molecule has 24 heteroatoms. The summed E-state index contributed by atoms with van der Waals surface area (Å²) in [6, 6.07) is 29.2. The second-order valence-corrected chi connectivity index (χ2v) is 17.4. The standard InChI is InChI=1S/C52H58N14O10/c67-45-29-57-47(69)39-19-7-9-23-43(39)66-32-38(62-64-66)28-56-50(72)42(22-12-14-26-54-52(74)76-34-36-17-5-2-6-18-36)60-46(68)30-58-48(70)40-20-8-10-24-44(40)65-31-37(61-63-65)27-55-49(71)41(59-45)21-11-13-25-53-51(73)75-33-35-15-3-1-4-16-35/h1-10,15-20,23-24,31-32,41-42H,11-14,21-22,25-30,33-34H2,(H,53,73)(H,54,74)(H,55,71)(H,56,72)(H,57,69)(H,58,70)(H,59,67)(H,60,68)/t41-,42-/m0/s1. The van der Waals surface area contributed by atoms with Crippen LogP contribution in [0.5, 0.6) is 0 Å². The first-order valence-electron chi connectivity index (χ1n) is 24.6. The van der Waals surface area contributed by atoms with Gasteiger partial charge in [0.15, 0.2) is 0 Å². The highest BCUT2D eigenvalue weighted by atomic mass is 16.6. The lowest BCUT2D eigenvalue weighted by atomic mass is 10.1. The van der Waals surface area contributed by atoms with Crippen molar-refractivity contribution in [2.75, 3.05) is 26.2 Å². The molecular weight excluding hydrogens is 981 g/mol. The Kier molecular flexibility index (Phi) is 20.1. The van der Waals surface area contributed by atoms with E-state index in [4.69, 9.17) is 9.47 Å². The zero-order chi connectivity index (χ0) is 53.5. The number of carbonyl (C=O) groups excluding carboxylic acids is 8. The van der Waals surface area contributed by atoms with Gasteiger partial charge in [-0.25, -0.2) is 19.0 Å². The topological polar surface area (TPSA) is 313 Å². The maximum atomic E-state index is 13.7. The van der Waals surface area contributed by atoms with Crippen molar-refractivity contribution in [2.45, 2.75) is 76.9 Å².